The summed E-state index contributed by atoms with van der Waals surface area (Å²) in [6.07, 6.45) is 1.39. The molecule has 2 rings (SSSR count). The molecular weight excluding hydrogens is 270 g/mol. The first-order valence-corrected chi connectivity index (χ1v) is 6.42. The molecule has 110 valence electrons. The van der Waals surface area contributed by atoms with Gasteiger partial charge in [0.15, 0.2) is 0 Å². The molecule has 0 saturated carbocycles. The Morgan fingerprint density at radius 2 is 2.14 bits per heavy atom. The van der Waals surface area contributed by atoms with E-state index in [2.05, 4.69) is 15.6 Å². The van der Waals surface area contributed by atoms with Crippen LogP contribution in [0, 0.1) is 0 Å². The first-order chi connectivity index (χ1) is 10.1. The molecular formula is C15H17N3O3. The van der Waals surface area contributed by atoms with Gasteiger partial charge in [-0.05, 0) is 30.3 Å². The van der Waals surface area contributed by atoms with E-state index in [0.717, 1.165) is 11.4 Å². The van der Waals surface area contributed by atoms with Gasteiger partial charge in [0.2, 0.25) is 5.91 Å². The fourth-order valence-electron chi connectivity index (χ4n) is 1.83. The molecule has 1 aromatic heterocycles. The Balaban J connectivity index is 2.13. The van der Waals surface area contributed by atoms with Gasteiger partial charge in [0.25, 0.3) is 0 Å². The number of pyridine rings is 1. The molecule has 1 heterocycles. The quantitative estimate of drug-likeness (QED) is 0.786. The molecule has 0 atom stereocenters. The number of carbonyl (C=O) groups is 1. The van der Waals surface area contributed by atoms with Gasteiger partial charge in [-0.3, -0.25) is 9.78 Å². The molecule has 2 aromatic rings. The molecule has 0 saturated heterocycles. The molecule has 1 aromatic carbocycles. The highest BCUT2D eigenvalue weighted by molar-refractivity contribution is 5.89. The third kappa shape index (κ3) is 4.10. The Bertz CT molecular complexity index is 627. The molecule has 6 heteroatoms. The van der Waals surface area contributed by atoms with Crippen molar-refractivity contribution in [1.82, 2.24) is 4.98 Å². The van der Waals surface area contributed by atoms with Gasteiger partial charge in [-0.2, -0.15) is 0 Å². The van der Waals surface area contributed by atoms with Crippen LogP contribution in [0.2, 0.25) is 0 Å². The Kier molecular flexibility index (Phi) is 4.61. The van der Waals surface area contributed by atoms with E-state index in [1.165, 1.54) is 13.1 Å². The van der Waals surface area contributed by atoms with Gasteiger partial charge in [-0.15, -0.1) is 0 Å². The Labute approximate surface area is 122 Å². The van der Waals surface area contributed by atoms with Crippen LogP contribution in [0.25, 0.3) is 0 Å². The number of ether oxygens (including phenoxy) is 1. The van der Waals surface area contributed by atoms with Crippen molar-refractivity contribution >= 4 is 17.3 Å². The number of nitrogens with zero attached hydrogens (tertiary/aromatic N) is 1. The topological polar surface area (TPSA) is 83.5 Å². The van der Waals surface area contributed by atoms with Crippen molar-refractivity contribution in [1.29, 1.82) is 0 Å². The van der Waals surface area contributed by atoms with Crippen LogP contribution in [0.5, 0.6) is 11.5 Å². The molecule has 0 unspecified atom stereocenters. The van der Waals surface area contributed by atoms with E-state index >= 15 is 0 Å². The van der Waals surface area contributed by atoms with E-state index in [9.17, 15) is 9.90 Å². The summed E-state index contributed by atoms with van der Waals surface area (Å²) in [5, 5.41) is 15.1. The van der Waals surface area contributed by atoms with Crippen LogP contribution in [0.1, 0.15) is 12.6 Å². The molecule has 0 aliphatic rings. The van der Waals surface area contributed by atoms with Crippen molar-refractivity contribution < 1.29 is 14.6 Å². The number of aromatic hydroxyl groups is 1. The second kappa shape index (κ2) is 6.60. The van der Waals surface area contributed by atoms with Gasteiger partial charge in [-0.25, -0.2) is 0 Å². The molecule has 3 N–H and O–H groups in total. The zero-order valence-electron chi connectivity index (χ0n) is 11.9. The maximum Gasteiger partial charge on any atom is 0.221 e. The minimum atomic E-state index is -0.133. The van der Waals surface area contributed by atoms with Gasteiger partial charge in [0.05, 0.1) is 31.2 Å². The van der Waals surface area contributed by atoms with Gasteiger partial charge in [0.1, 0.15) is 11.5 Å². The molecule has 0 fully saturated rings. The monoisotopic (exact) mass is 287 g/mol. The lowest BCUT2D eigenvalue weighted by Crippen LogP contribution is -2.07. The fourth-order valence-corrected chi connectivity index (χ4v) is 1.83. The number of amides is 1. The molecule has 6 nitrogen and oxygen atoms in total. The lowest BCUT2D eigenvalue weighted by Gasteiger charge is -2.13. The minimum absolute atomic E-state index is 0.129. The highest BCUT2D eigenvalue weighted by atomic mass is 16.5. The molecule has 0 bridgehead atoms. The molecule has 1 amide bonds. The maximum absolute atomic E-state index is 11.1. The van der Waals surface area contributed by atoms with Gasteiger partial charge < -0.3 is 20.5 Å². The summed E-state index contributed by atoms with van der Waals surface area (Å²) in [6, 6.07) is 8.64. The number of methoxy groups -OCH3 is 1. The zero-order chi connectivity index (χ0) is 15.2. The average Bonchev–Trinajstić information content (AvgIpc) is 2.46. The smallest absolute Gasteiger partial charge is 0.221 e. The number of aromatic nitrogens is 1. The van der Waals surface area contributed by atoms with Crippen LogP contribution in [0.4, 0.5) is 11.4 Å². The Morgan fingerprint density at radius 3 is 2.76 bits per heavy atom. The summed E-state index contributed by atoms with van der Waals surface area (Å²) >= 11 is 0. The second-order valence-electron chi connectivity index (χ2n) is 4.46. The summed E-state index contributed by atoms with van der Waals surface area (Å²) in [6.45, 7) is 1.93. The van der Waals surface area contributed by atoms with Crippen molar-refractivity contribution in [3.8, 4) is 11.5 Å². The lowest BCUT2D eigenvalue weighted by atomic mass is 10.2. The molecule has 21 heavy (non-hydrogen) atoms. The van der Waals surface area contributed by atoms with Gasteiger partial charge >= 0.3 is 0 Å². The van der Waals surface area contributed by atoms with E-state index in [4.69, 9.17) is 4.74 Å². The van der Waals surface area contributed by atoms with Crippen molar-refractivity contribution in [3.05, 3.63) is 42.2 Å². The fraction of sp³-hybridized carbons (Fsp3) is 0.200. The second-order valence-corrected chi connectivity index (χ2v) is 4.46. The molecule has 0 spiro atoms. The number of nitrogens with one attached hydrogen (secondary N) is 2. The third-order valence-corrected chi connectivity index (χ3v) is 2.79. The summed E-state index contributed by atoms with van der Waals surface area (Å²) in [5.41, 5.74) is 2.21. The maximum atomic E-state index is 11.1. The number of hydrogen-bond acceptors (Lipinski definition) is 5. The molecule has 0 aliphatic heterocycles. The zero-order valence-corrected chi connectivity index (χ0v) is 11.9. The first kappa shape index (κ1) is 14.6. The SMILES string of the molecule is COc1ccc(NC(C)=O)cc1NCc1ccc(O)cn1. The normalized spacial score (nSPS) is 10.0. The summed E-state index contributed by atoms with van der Waals surface area (Å²) in [7, 11) is 1.58. The number of anilines is 2. The lowest BCUT2D eigenvalue weighted by molar-refractivity contribution is -0.114. The van der Waals surface area contributed by atoms with Crippen LogP contribution < -0.4 is 15.4 Å². The van der Waals surface area contributed by atoms with E-state index in [0.29, 0.717) is 18.0 Å². The molecule has 0 radical (unpaired) electrons. The molecule has 0 aliphatic carbocycles. The van der Waals surface area contributed by atoms with Crippen LogP contribution in [-0.2, 0) is 11.3 Å². The van der Waals surface area contributed by atoms with Crippen molar-refractivity contribution in [2.75, 3.05) is 17.7 Å². The van der Waals surface area contributed by atoms with E-state index in [1.807, 2.05) is 0 Å². The van der Waals surface area contributed by atoms with Crippen LogP contribution >= 0.6 is 0 Å². The van der Waals surface area contributed by atoms with Crippen LogP contribution in [0.15, 0.2) is 36.5 Å². The first-order valence-electron chi connectivity index (χ1n) is 6.42. The Morgan fingerprint density at radius 1 is 1.33 bits per heavy atom. The average molecular weight is 287 g/mol. The predicted molar refractivity (Wildman–Crippen MR) is 80.5 cm³/mol. The predicted octanol–water partition coefficient (Wildman–Crippen LogP) is 2.37. The standard InChI is InChI=1S/C15H17N3O3/c1-10(19)18-11-4-6-15(21-2)14(7-11)17-8-12-3-5-13(20)9-16-12/h3-7,9,17,20H,8H2,1-2H3,(H,18,19). The van der Waals surface area contributed by atoms with Crippen LogP contribution in [-0.4, -0.2) is 23.1 Å². The number of benzene rings is 1. The van der Waals surface area contributed by atoms with Crippen molar-refractivity contribution in [2.45, 2.75) is 13.5 Å². The van der Waals surface area contributed by atoms with E-state index < -0.39 is 0 Å². The van der Waals surface area contributed by atoms with E-state index in [1.54, 1.807) is 37.4 Å². The minimum Gasteiger partial charge on any atom is -0.506 e. The number of hydrogen-bond donors (Lipinski definition) is 3. The third-order valence-electron chi connectivity index (χ3n) is 2.79. The highest BCUT2D eigenvalue weighted by Crippen LogP contribution is 2.28. The van der Waals surface area contributed by atoms with Crippen molar-refractivity contribution in [3.63, 3.8) is 0 Å². The highest BCUT2D eigenvalue weighted by Gasteiger charge is 2.06. The summed E-state index contributed by atoms with van der Waals surface area (Å²) in [4.78, 5) is 15.2. The van der Waals surface area contributed by atoms with Gasteiger partial charge in [-0.1, -0.05) is 0 Å². The number of carbonyl (C=O) groups excluding carboxylic acids is 1. The summed E-state index contributed by atoms with van der Waals surface area (Å²) < 4.78 is 5.28. The van der Waals surface area contributed by atoms with Gasteiger partial charge in [0, 0.05) is 12.6 Å². The Hall–Kier alpha value is -2.76. The largest absolute Gasteiger partial charge is 0.506 e. The summed E-state index contributed by atoms with van der Waals surface area (Å²) in [5.74, 6) is 0.665. The van der Waals surface area contributed by atoms with Crippen LogP contribution in [0.3, 0.4) is 0 Å². The van der Waals surface area contributed by atoms with E-state index in [-0.39, 0.29) is 11.7 Å². The number of rotatable bonds is 5. The van der Waals surface area contributed by atoms with Crippen molar-refractivity contribution in [2.24, 2.45) is 0 Å².